The van der Waals surface area contributed by atoms with E-state index in [0.29, 0.717) is 16.8 Å². The molecule has 4 N–H and O–H groups in total. The maximum Gasteiger partial charge on any atom is 0.162 e. The van der Waals surface area contributed by atoms with Gasteiger partial charge in [-0.15, -0.1) is 0 Å². The number of benzene rings is 1. The Morgan fingerprint density at radius 3 is 1.94 bits per heavy atom. The fraction of sp³-hybridized carbons (Fsp3) is 0.273. The molecule has 16 heavy (non-hydrogen) atoms. The number of rotatable bonds is 3. The number of Topliss-reactive ketones (excluding diaryl/α,β-unsaturated/α-hetero) is 2. The molecule has 0 unspecified atom stereocenters. The number of carbonyl (C=O) groups excluding carboxylic acids is 2. The molecule has 0 atom stereocenters. The minimum absolute atomic E-state index is 0.0906. The third-order valence-electron chi connectivity index (χ3n) is 2.38. The fourth-order valence-corrected chi connectivity index (χ4v) is 1.57. The lowest BCUT2D eigenvalue weighted by atomic mass is 9.98. The molecule has 0 spiro atoms. The van der Waals surface area contributed by atoms with E-state index in [1.54, 1.807) is 13.0 Å². The Morgan fingerprint density at radius 1 is 1.06 bits per heavy atom. The van der Waals surface area contributed by atoms with Crippen molar-refractivity contribution in [3.05, 3.63) is 28.8 Å². The van der Waals surface area contributed by atoms with Crippen molar-refractivity contribution in [2.45, 2.75) is 20.8 Å². The number of hydrogen-bond acceptors (Lipinski definition) is 5. The molecule has 0 heterocycles. The third kappa shape index (κ3) is 2.26. The van der Waals surface area contributed by atoms with Crippen LogP contribution < -0.4 is 16.8 Å². The molecule has 0 aromatic heterocycles. The van der Waals surface area contributed by atoms with Gasteiger partial charge in [0.25, 0.3) is 0 Å². The highest BCUT2D eigenvalue weighted by molar-refractivity contribution is 6.04. The highest BCUT2D eigenvalue weighted by atomic mass is 16.1. The first kappa shape index (κ1) is 12.4. The minimum atomic E-state index is -0.182. The largest absolute Gasteiger partial charge is 0.295 e. The van der Waals surface area contributed by atoms with E-state index in [-0.39, 0.29) is 11.6 Å². The van der Waals surface area contributed by atoms with Crippen molar-refractivity contribution in [1.29, 1.82) is 0 Å². The summed E-state index contributed by atoms with van der Waals surface area (Å²) in [6.45, 7) is 4.63. The smallest absolute Gasteiger partial charge is 0.162 e. The molecule has 0 fully saturated rings. The lowest BCUT2D eigenvalue weighted by Crippen LogP contribution is -2.39. The maximum atomic E-state index is 11.4. The van der Waals surface area contributed by atoms with Gasteiger partial charge in [-0.3, -0.25) is 9.59 Å². The normalized spacial score (nSPS) is 10.1. The Hall–Kier alpha value is -1.72. The second-order valence-electron chi connectivity index (χ2n) is 3.70. The molecule has 5 heteroatoms. The van der Waals surface area contributed by atoms with Gasteiger partial charge in [-0.1, -0.05) is 0 Å². The molecule has 86 valence electrons. The van der Waals surface area contributed by atoms with Crippen molar-refractivity contribution in [3.63, 3.8) is 0 Å². The average molecular weight is 221 g/mol. The lowest BCUT2D eigenvalue weighted by Gasteiger charge is -2.17. The van der Waals surface area contributed by atoms with Crippen molar-refractivity contribution >= 4 is 17.3 Å². The zero-order valence-electron chi connectivity index (χ0n) is 9.57. The predicted molar refractivity (Wildman–Crippen MR) is 62.0 cm³/mol. The van der Waals surface area contributed by atoms with Gasteiger partial charge in [-0.25, -0.2) is 16.8 Å². The van der Waals surface area contributed by atoms with E-state index in [1.165, 1.54) is 19.9 Å². The molecule has 0 bridgehead atoms. The van der Waals surface area contributed by atoms with Crippen LogP contribution in [-0.4, -0.2) is 11.6 Å². The second kappa shape index (κ2) is 4.42. The molecule has 0 saturated heterocycles. The number of nitrogens with two attached hydrogens (primary N) is 2. The van der Waals surface area contributed by atoms with Crippen LogP contribution in [0, 0.1) is 6.92 Å². The Bertz CT molecular complexity index is 453. The Kier molecular flexibility index (Phi) is 3.41. The third-order valence-corrected chi connectivity index (χ3v) is 2.38. The second-order valence-corrected chi connectivity index (χ2v) is 3.70. The topological polar surface area (TPSA) is 89.4 Å². The standard InChI is InChI=1S/C11H15N3O2/c1-6-4-11(14(12)13)10(8(3)16)5-9(6)7(2)15/h4-5H,12-13H2,1-3H3. The Morgan fingerprint density at radius 2 is 1.56 bits per heavy atom. The van der Waals surface area contributed by atoms with E-state index in [9.17, 15) is 9.59 Å². The van der Waals surface area contributed by atoms with Crippen molar-refractivity contribution in [2.24, 2.45) is 11.7 Å². The van der Waals surface area contributed by atoms with Crippen LogP contribution in [0.4, 0.5) is 5.69 Å². The first-order valence-corrected chi connectivity index (χ1v) is 4.80. The van der Waals surface area contributed by atoms with Crippen LogP contribution in [0.15, 0.2) is 12.1 Å². The number of anilines is 1. The van der Waals surface area contributed by atoms with Gasteiger partial charge in [-0.2, -0.15) is 0 Å². The highest BCUT2D eigenvalue weighted by Gasteiger charge is 2.15. The van der Waals surface area contributed by atoms with Gasteiger partial charge in [0.1, 0.15) is 0 Å². The van der Waals surface area contributed by atoms with Crippen LogP contribution in [0.1, 0.15) is 40.1 Å². The number of carbonyl (C=O) groups is 2. The van der Waals surface area contributed by atoms with Crippen LogP contribution in [0.2, 0.25) is 0 Å². The van der Waals surface area contributed by atoms with Crippen molar-refractivity contribution < 1.29 is 9.59 Å². The predicted octanol–water partition coefficient (Wildman–Crippen LogP) is 0.954. The Balaban J connectivity index is 3.49. The summed E-state index contributed by atoms with van der Waals surface area (Å²) >= 11 is 0. The SMILES string of the molecule is CC(=O)c1cc(C(C)=O)c(N(N)N)cc1C. The summed E-state index contributed by atoms with van der Waals surface area (Å²) < 4.78 is 0. The van der Waals surface area contributed by atoms with E-state index < -0.39 is 0 Å². The summed E-state index contributed by atoms with van der Waals surface area (Å²) in [4.78, 5) is 22.7. The first-order valence-electron chi connectivity index (χ1n) is 4.80. The summed E-state index contributed by atoms with van der Waals surface area (Å²) in [5.41, 5.74) is 2.01. The van der Waals surface area contributed by atoms with Crippen LogP contribution in [0.25, 0.3) is 0 Å². The number of aryl methyl sites for hydroxylation is 1. The van der Waals surface area contributed by atoms with Crippen molar-refractivity contribution in [1.82, 2.24) is 0 Å². The molecule has 0 amide bonds. The maximum absolute atomic E-state index is 11.4. The van der Waals surface area contributed by atoms with E-state index in [1.807, 2.05) is 0 Å². The summed E-state index contributed by atoms with van der Waals surface area (Å²) in [7, 11) is 0. The molecule has 0 aliphatic carbocycles. The number of nitrogens with zero attached hydrogens (tertiary/aromatic N) is 1. The minimum Gasteiger partial charge on any atom is -0.295 e. The number of hydrazine groups is 2. The van der Waals surface area contributed by atoms with Crippen LogP contribution >= 0.6 is 0 Å². The molecule has 5 nitrogen and oxygen atoms in total. The van der Waals surface area contributed by atoms with Crippen molar-refractivity contribution in [2.75, 3.05) is 5.12 Å². The van der Waals surface area contributed by atoms with Gasteiger partial charge < -0.3 is 0 Å². The fourth-order valence-electron chi connectivity index (χ4n) is 1.57. The van der Waals surface area contributed by atoms with E-state index >= 15 is 0 Å². The van der Waals surface area contributed by atoms with E-state index in [0.717, 1.165) is 10.7 Å². The summed E-state index contributed by atoms with van der Waals surface area (Å²) in [6, 6.07) is 3.16. The Labute approximate surface area is 94.0 Å². The zero-order chi connectivity index (χ0) is 12.5. The molecular weight excluding hydrogens is 206 g/mol. The number of hydrogen-bond donors (Lipinski definition) is 2. The summed E-state index contributed by atoms with van der Waals surface area (Å²) in [6.07, 6.45) is 0. The molecule has 0 aliphatic rings. The number of ketones is 2. The highest BCUT2D eigenvalue weighted by Crippen LogP contribution is 2.23. The van der Waals surface area contributed by atoms with Gasteiger partial charge in [0.2, 0.25) is 0 Å². The van der Waals surface area contributed by atoms with Gasteiger partial charge in [0, 0.05) is 11.1 Å². The van der Waals surface area contributed by atoms with Gasteiger partial charge in [0.15, 0.2) is 11.6 Å². The zero-order valence-corrected chi connectivity index (χ0v) is 9.57. The monoisotopic (exact) mass is 221 g/mol. The first-order chi connectivity index (χ1) is 7.34. The van der Waals surface area contributed by atoms with Gasteiger partial charge in [0.05, 0.1) is 5.69 Å². The summed E-state index contributed by atoms with van der Waals surface area (Å²) in [5.74, 6) is 10.6. The molecule has 0 radical (unpaired) electrons. The van der Waals surface area contributed by atoms with Gasteiger partial charge in [-0.05, 0) is 38.5 Å². The molecular formula is C11H15N3O2. The van der Waals surface area contributed by atoms with E-state index in [2.05, 4.69) is 0 Å². The molecule has 1 rings (SSSR count). The van der Waals surface area contributed by atoms with Crippen molar-refractivity contribution in [3.8, 4) is 0 Å². The molecule has 0 saturated carbocycles. The van der Waals surface area contributed by atoms with Gasteiger partial charge >= 0.3 is 0 Å². The molecule has 1 aromatic rings. The molecule has 0 aliphatic heterocycles. The van der Waals surface area contributed by atoms with Crippen LogP contribution in [-0.2, 0) is 0 Å². The van der Waals surface area contributed by atoms with Crippen LogP contribution in [0.5, 0.6) is 0 Å². The average Bonchev–Trinajstić information content (AvgIpc) is 2.15. The van der Waals surface area contributed by atoms with E-state index in [4.69, 9.17) is 11.7 Å². The lowest BCUT2D eigenvalue weighted by molar-refractivity contribution is 0.101. The molecule has 1 aromatic carbocycles. The van der Waals surface area contributed by atoms with Crippen LogP contribution in [0.3, 0.4) is 0 Å². The summed E-state index contributed by atoms with van der Waals surface area (Å²) in [5, 5.41) is 0.883. The quantitative estimate of drug-likeness (QED) is 0.450.